The standard InChI is InChI=1S/C18H26N2O5S/c1-17(2)10-18(12-24-3)11-20(8-15(17)18)26(22,23)14-6-4-13(5-7-14)25-9-16(19)21/h4-7,15H,8-12H2,1-3H3,(H2,19,21)/t15-,18-/m1/s1. The van der Waals surface area contributed by atoms with Crippen molar-refractivity contribution in [3.05, 3.63) is 24.3 Å². The van der Waals surface area contributed by atoms with Crippen molar-refractivity contribution in [1.29, 1.82) is 0 Å². The number of fused-ring (bicyclic) bond motifs is 1. The van der Waals surface area contributed by atoms with Crippen molar-refractivity contribution in [3.63, 3.8) is 0 Å². The molecule has 1 aliphatic heterocycles. The zero-order chi connectivity index (χ0) is 19.2. The summed E-state index contributed by atoms with van der Waals surface area (Å²) in [6.45, 7) is 5.70. The minimum atomic E-state index is -3.59. The fraction of sp³-hybridized carbons (Fsp3) is 0.611. The fourth-order valence-corrected chi connectivity index (χ4v) is 6.31. The Labute approximate surface area is 154 Å². The number of hydrogen-bond donors (Lipinski definition) is 1. The van der Waals surface area contributed by atoms with E-state index in [1.54, 1.807) is 11.4 Å². The van der Waals surface area contributed by atoms with Gasteiger partial charge in [-0.1, -0.05) is 13.8 Å². The molecule has 0 unspecified atom stereocenters. The second-order valence-electron chi connectivity index (χ2n) is 8.04. The first-order valence-electron chi connectivity index (χ1n) is 8.61. The van der Waals surface area contributed by atoms with Gasteiger partial charge in [-0.3, -0.25) is 4.79 Å². The molecule has 2 aliphatic rings. The molecular weight excluding hydrogens is 356 g/mol. The molecule has 2 N–H and O–H groups in total. The van der Waals surface area contributed by atoms with Gasteiger partial charge < -0.3 is 15.2 Å². The van der Waals surface area contributed by atoms with Crippen LogP contribution in [0.25, 0.3) is 0 Å². The van der Waals surface area contributed by atoms with Crippen LogP contribution in [0.15, 0.2) is 29.2 Å². The molecule has 0 aromatic heterocycles. The van der Waals surface area contributed by atoms with E-state index in [1.165, 1.54) is 24.3 Å². The second-order valence-corrected chi connectivity index (χ2v) is 9.98. The Hall–Kier alpha value is -1.64. The highest BCUT2D eigenvalue weighted by Gasteiger charge is 2.64. The summed E-state index contributed by atoms with van der Waals surface area (Å²) in [4.78, 5) is 11.0. The van der Waals surface area contributed by atoms with Gasteiger partial charge >= 0.3 is 0 Å². The Morgan fingerprint density at radius 2 is 1.96 bits per heavy atom. The number of benzene rings is 1. The van der Waals surface area contributed by atoms with E-state index in [2.05, 4.69) is 13.8 Å². The van der Waals surface area contributed by atoms with Gasteiger partial charge in [-0.2, -0.15) is 4.31 Å². The third kappa shape index (κ3) is 3.21. The quantitative estimate of drug-likeness (QED) is 0.765. The summed E-state index contributed by atoms with van der Waals surface area (Å²) in [6, 6.07) is 6.07. The lowest BCUT2D eigenvalue weighted by Crippen LogP contribution is -2.55. The topological polar surface area (TPSA) is 98.9 Å². The summed E-state index contributed by atoms with van der Waals surface area (Å²) >= 11 is 0. The van der Waals surface area contributed by atoms with Crippen LogP contribution < -0.4 is 10.5 Å². The highest BCUT2D eigenvalue weighted by atomic mass is 32.2. The highest BCUT2D eigenvalue weighted by molar-refractivity contribution is 7.89. The number of primary amides is 1. The van der Waals surface area contributed by atoms with E-state index in [-0.39, 0.29) is 22.3 Å². The molecule has 1 saturated carbocycles. The number of carbonyl (C=O) groups excluding carboxylic acids is 1. The SMILES string of the molecule is COC[C@@]12CN(S(=O)(=O)c3ccc(OCC(N)=O)cc3)C[C@@H]1C(C)(C)C2. The van der Waals surface area contributed by atoms with Crippen LogP contribution in [0.3, 0.4) is 0 Å². The first kappa shape index (κ1) is 19.1. The molecule has 0 bridgehead atoms. The predicted octanol–water partition coefficient (Wildman–Crippen LogP) is 1.23. The zero-order valence-corrected chi connectivity index (χ0v) is 16.2. The molecule has 2 fully saturated rings. The smallest absolute Gasteiger partial charge is 0.255 e. The second kappa shape index (κ2) is 6.51. The third-order valence-corrected chi connectivity index (χ3v) is 7.47. The zero-order valence-electron chi connectivity index (χ0n) is 15.4. The molecule has 1 heterocycles. The summed E-state index contributed by atoms with van der Waals surface area (Å²) < 4.78 is 38.3. The summed E-state index contributed by atoms with van der Waals surface area (Å²) in [7, 11) is -1.92. The first-order chi connectivity index (χ1) is 12.1. The highest BCUT2D eigenvalue weighted by Crippen LogP contribution is 2.63. The molecule has 1 aromatic carbocycles. The van der Waals surface area contributed by atoms with Crippen LogP contribution in [0.5, 0.6) is 5.75 Å². The van der Waals surface area contributed by atoms with E-state index in [9.17, 15) is 13.2 Å². The number of amides is 1. The molecule has 0 radical (unpaired) electrons. The fourth-order valence-electron chi connectivity index (χ4n) is 4.76. The number of ether oxygens (including phenoxy) is 2. The van der Waals surface area contributed by atoms with Crippen molar-refractivity contribution < 1.29 is 22.7 Å². The Morgan fingerprint density at radius 1 is 1.31 bits per heavy atom. The minimum absolute atomic E-state index is 0.0874. The van der Waals surface area contributed by atoms with Gasteiger partial charge in [0.15, 0.2) is 6.61 Å². The molecule has 1 saturated heterocycles. The summed E-state index contributed by atoms with van der Waals surface area (Å²) in [5.41, 5.74) is 5.07. The number of rotatable bonds is 7. The average molecular weight is 382 g/mol. The van der Waals surface area contributed by atoms with E-state index < -0.39 is 15.9 Å². The maximum Gasteiger partial charge on any atom is 0.255 e. The Kier molecular flexibility index (Phi) is 4.79. The van der Waals surface area contributed by atoms with Gasteiger partial charge in [0.2, 0.25) is 10.0 Å². The third-order valence-electron chi connectivity index (χ3n) is 5.64. The number of hydrogen-bond acceptors (Lipinski definition) is 5. The lowest BCUT2D eigenvalue weighted by molar-refractivity contribution is -0.119. The molecule has 1 aliphatic carbocycles. The molecule has 2 atom stereocenters. The van der Waals surface area contributed by atoms with Crippen LogP contribution in [0.1, 0.15) is 20.3 Å². The van der Waals surface area contributed by atoms with Gasteiger partial charge in [-0.15, -0.1) is 0 Å². The molecule has 144 valence electrons. The summed E-state index contributed by atoms with van der Waals surface area (Å²) in [6.07, 6.45) is 0.963. The summed E-state index contributed by atoms with van der Waals surface area (Å²) in [5, 5.41) is 0. The van der Waals surface area contributed by atoms with Crippen LogP contribution >= 0.6 is 0 Å². The van der Waals surface area contributed by atoms with E-state index in [0.29, 0.717) is 31.4 Å². The number of nitrogens with two attached hydrogens (primary N) is 1. The lowest BCUT2D eigenvalue weighted by atomic mass is 9.48. The van der Waals surface area contributed by atoms with Gasteiger partial charge in [-0.05, 0) is 42.0 Å². The number of carbonyl (C=O) groups is 1. The number of nitrogens with zero attached hydrogens (tertiary/aromatic N) is 1. The van der Waals surface area contributed by atoms with E-state index >= 15 is 0 Å². The van der Waals surface area contributed by atoms with Crippen molar-refractivity contribution in [2.45, 2.75) is 25.2 Å². The molecule has 7 nitrogen and oxygen atoms in total. The van der Waals surface area contributed by atoms with Crippen molar-refractivity contribution in [3.8, 4) is 5.75 Å². The van der Waals surface area contributed by atoms with E-state index in [4.69, 9.17) is 15.2 Å². The molecule has 3 rings (SSSR count). The number of sulfonamides is 1. The number of methoxy groups -OCH3 is 1. The van der Waals surface area contributed by atoms with E-state index in [1.807, 2.05) is 0 Å². The molecule has 1 aromatic rings. The van der Waals surface area contributed by atoms with Crippen molar-refractivity contribution in [2.24, 2.45) is 22.5 Å². The molecule has 8 heteroatoms. The van der Waals surface area contributed by atoms with Gasteiger partial charge in [-0.25, -0.2) is 8.42 Å². The Morgan fingerprint density at radius 3 is 2.50 bits per heavy atom. The van der Waals surface area contributed by atoms with Crippen LogP contribution in [0.4, 0.5) is 0 Å². The minimum Gasteiger partial charge on any atom is -0.484 e. The van der Waals surface area contributed by atoms with Crippen molar-refractivity contribution in [1.82, 2.24) is 4.31 Å². The van der Waals surface area contributed by atoms with Crippen molar-refractivity contribution >= 4 is 15.9 Å². The van der Waals surface area contributed by atoms with Crippen molar-refractivity contribution in [2.75, 3.05) is 33.4 Å². The molecule has 0 spiro atoms. The maximum absolute atomic E-state index is 13.1. The van der Waals surface area contributed by atoms with Gasteiger partial charge in [0, 0.05) is 25.6 Å². The Bertz CT molecular complexity index is 790. The summed E-state index contributed by atoms with van der Waals surface area (Å²) in [5.74, 6) is 0.115. The van der Waals surface area contributed by atoms with Gasteiger partial charge in [0.1, 0.15) is 5.75 Å². The van der Waals surface area contributed by atoms with Gasteiger partial charge in [0.25, 0.3) is 5.91 Å². The molecular formula is C18H26N2O5S. The largest absolute Gasteiger partial charge is 0.484 e. The van der Waals surface area contributed by atoms with Crippen LogP contribution in [-0.4, -0.2) is 52.0 Å². The maximum atomic E-state index is 13.1. The van der Waals surface area contributed by atoms with Crippen LogP contribution in [0, 0.1) is 16.7 Å². The Balaban J connectivity index is 1.77. The average Bonchev–Trinajstić information content (AvgIpc) is 2.89. The van der Waals surface area contributed by atoms with Crippen LogP contribution in [-0.2, 0) is 19.6 Å². The molecule has 1 amide bonds. The van der Waals surface area contributed by atoms with Gasteiger partial charge in [0.05, 0.1) is 11.5 Å². The first-order valence-corrected chi connectivity index (χ1v) is 10.0. The predicted molar refractivity (Wildman–Crippen MR) is 96.1 cm³/mol. The van der Waals surface area contributed by atoms with E-state index in [0.717, 1.165) is 6.42 Å². The monoisotopic (exact) mass is 382 g/mol. The normalized spacial score (nSPS) is 27.6. The van der Waals surface area contributed by atoms with Crippen LogP contribution in [0.2, 0.25) is 0 Å². The lowest BCUT2D eigenvalue weighted by Gasteiger charge is -2.56. The molecule has 26 heavy (non-hydrogen) atoms.